The highest BCUT2D eigenvalue weighted by atomic mass is 16.5. The largest absolute Gasteiger partial charge is 0.496 e. The Hall–Kier alpha value is -1.84. The van der Waals surface area contributed by atoms with Crippen LogP contribution in [-0.4, -0.2) is 30.2 Å². The van der Waals surface area contributed by atoms with Gasteiger partial charge in [-0.05, 0) is 13.0 Å². The Bertz CT molecular complexity index is 496. The SMILES string of the molecule is COc1ccc(C)cc1CN1CCC(=O)CCC1=O. The standard InChI is InChI=1S/C15H19NO3/c1-11-3-5-14(19-2)12(9-11)10-16-8-7-13(17)4-6-15(16)18/h3,5,9H,4,6-8,10H2,1-2H3. The minimum absolute atomic E-state index is 0.0504. The molecular weight excluding hydrogens is 242 g/mol. The Morgan fingerprint density at radius 1 is 1.21 bits per heavy atom. The zero-order chi connectivity index (χ0) is 13.8. The van der Waals surface area contributed by atoms with Crippen molar-refractivity contribution in [2.75, 3.05) is 13.7 Å². The number of carbonyl (C=O) groups excluding carboxylic acids is 2. The molecule has 1 amide bonds. The van der Waals surface area contributed by atoms with Crippen molar-refractivity contribution in [2.24, 2.45) is 0 Å². The number of nitrogens with zero attached hydrogens (tertiary/aromatic N) is 1. The summed E-state index contributed by atoms with van der Waals surface area (Å²) in [6.45, 7) is 3.03. The van der Waals surface area contributed by atoms with Gasteiger partial charge in [0.05, 0.1) is 7.11 Å². The van der Waals surface area contributed by atoms with Crippen LogP contribution in [0.5, 0.6) is 5.75 Å². The number of Topliss-reactive ketones (excluding diaryl/α,β-unsaturated/α-hetero) is 1. The van der Waals surface area contributed by atoms with E-state index in [2.05, 4.69) is 0 Å². The fourth-order valence-corrected chi connectivity index (χ4v) is 2.32. The molecule has 0 atom stereocenters. The molecule has 0 bridgehead atoms. The van der Waals surface area contributed by atoms with Crippen LogP contribution in [0.4, 0.5) is 0 Å². The minimum atomic E-state index is 0.0504. The van der Waals surface area contributed by atoms with Gasteiger partial charge in [-0.3, -0.25) is 9.59 Å². The molecule has 2 rings (SSSR count). The number of hydrogen-bond acceptors (Lipinski definition) is 3. The summed E-state index contributed by atoms with van der Waals surface area (Å²) in [6, 6.07) is 5.92. The number of aryl methyl sites for hydroxylation is 1. The van der Waals surface area contributed by atoms with E-state index in [9.17, 15) is 9.59 Å². The number of benzene rings is 1. The molecule has 0 aromatic heterocycles. The highest BCUT2D eigenvalue weighted by Gasteiger charge is 2.21. The maximum atomic E-state index is 12.0. The molecule has 0 unspecified atom stereocenters. The van der Waals surface area contributed by atoms with E-state index in [4.69, 9.17) is 4.74 Å². The van der Waals surface area contributed by atoms with Crippen LogP contribution in [-0.2, 0) is 16.1 Å². The van der Waals surface area contributed by atoms with Crippen molar-refractivity contribution in [2.45, 2.75) is 32.7 Å². The third kappa shape index (κ3) is 3.34. The van der Waals surface area contributed by atoms with Crippen molar-refractivity contribution in [3.63, 3.8) is 0 Å². The van der Waals surface area contributed by atoms with E-state index in [0.29, 0.717) is 32.4 Å². The topological polar surface area (TPSA) is 46.6 Å². The molecule has 0 N–H and O–H groups in total. The molecule has 4 nitrogen and oxygen atoms in total. The first-order valence-corrected chi connectivity index (χ1v) is 6.53. The number of methoxy groups -OCH3 is 1. The van der Waals surface area contributed by atoms with Crippen molar-refractivity contribution in [3.05, 3.63) is 29.3 Å². The summed E-state index contributed by atoms with van der Waals surface area (Å²) in [4.78, 5) is 25.1. The molecule has 1 heterocycles. The first kappa shape index (κ1) is 13.6. The molecule has 1 saturated heterocycles. The maximum absolute atomic E-state index is 12.0. The van der Waals surface area contributed by atoms with E-state index in [1.54, 1.807) is 12.0 Å². The number of hydrogen-bond donors (Lipinski definition) is 0. The lowest BCUT2D eigenvalue weighted by Gasteiger charge is -2.21. The highest BCUT2D eigenvalue weighted by molar-refractivity contribution is 5.87. The maximum Gasteiger partial charge on any atom is 0.223 e. The molecule has 1 aliphatic rings. The van der Waals surface area contributed by atoms with E-state index in [0.717, 1.165) is 16.9 Å². The number of ketones is 1. The molecule has 0 saturated carbocycles. The Balaban J connectivity index is 2.17. The van der Waals surface area contributed by atoms with Gasteiger partial charge in [0, 0.05) is 37.9 Å². The van der Waals surface area contributed by atoms with Crippen LogP contribution in [0.1, 0.15) is 30.4 Å². The van der Waals surface area contributed by atoms with Crippen LogP contribution in [0, 0.1) is 6.92 Å². The zero-order valence-electron chi connectivity index (χ0n) is 11.4. The molecule has 102 valence electrons. The third-order valence-corrected chi connectivity index (χ3v) is 3.43. The summed E-state index contributed by atoms with van der Waals surface area (Å²) in [7, 11) is 1.63. The molecule has 1 fully saturated rings. The molecule has 1 aromatic carbocycles. The van der Waals surface area contributed by atoms with Gasteiger partial charge < -0.3 is 9.64 Å². The first-order valence-electron chi connectivity index (χ1n) is 6.53. The third-order valence-electron chi connectivity index (χ3n) is 3.43. The lowest BCUT2D eigenvalue weighted by molar-refractivity contribution is -0.131. The zero-order valence-corrected chi connectivity index (χ0v) is 11.4. The lowest BCUT2D eigenvalue weighted by Crippen LogP contribution is -2.30. The molecule has 0 spiro atoms. The van der Waals surface area contributed by atoms with Gasteiger partial charge in [0.2, 0.25) is 5.91 Å². The van der Waals surface area contributed by atoms with Crippen LogP contribution in [0.3, 0.4) is 0 Å². The smallest absolute Gasteiger partial charge is 0.223 e. The summed E-state index contributed by atoms with van der Waals surface area (Å²) >= 11 is 0. The van der Waals surface area contributed by atoms with Crippen LogP contribution >= 0.6 is 0 Å². The predicted molar refractivity (Wildman–Crippen MR) is 72.0 cm³/mol. The molecule has 19 heavy (non-hydrogen) atoms. The van der Waals surface area contributed by atoms with Gasteiger partial charge in [-0.2, -0.15) is 0 Å². The summed E-state index contributed by atoms with van der Waals surface area (Å²) in [5.41, 5.74) is 2.12. The van der Waals surface area contributed by atoms with Gasteiger partial charge in [-0.1, -0.05) is 17.7 Å². The molecule has 0 aliphatic carbocycles. The van der Waals surface area contributed by atoms with Gasteiger partial charge in [0.15, 0.2) is 0 Å². The van der Waals surface area contributed by atoms with Gasteiger partial charge in [-0.25, -0.2) is 0 Å². The number of carbonyl (C=O) groups is 2. The summed E-state index contributed by atoms with van der Waals surface area (Å²) in [5.74, 6) is 1.01. The second kappa shape index (κ2) is 5.87. The highest BCUT2D eigenvalue weighted by Crippen LogP contribution is 2.22. The fraction of sp³-hybridized carbons (Fsp3) is 0.467. The van der Waals surface area contributed by atoms with E-state index < -0.39 is 0 Å². The van der Waals surface area contributed by atoms with E-state index in [1.807, 2.05) is 25.1 Å². The normalized spacial score (nSPS) is 16.4. The number of rotatable bonds is 3. The Labute approximate surface area is 113 Å². The van der Waals surface area contributed by atoms with Crippen molar-refractivity contribution in [1.82, 2.24) is 4.90 Å². The molecule has 1 aromatic rings. The van der Waals surface area contributed by atoms with Gasteiger partial charge >= 0.3 is 0 Å². The molecular formula is C15H19NO3. The van der Waals surface area contributed by atoms with E-state index in [-0.39, 0.29) is 11.7 Å². The molecule has 1 aliphatic heterocycles. The van der Waals surface area contributed by atoms with Crippen molar-refractivity contribution >= 4 is 11.7 Å². The minimum Gasteiger partial charge on any atom is -0.496 e. The predicted octanol–water partition coefficient (Wildman–Crippen LogP) is 2.09. The Kier molecular flexibility index (Phi) is 4.20. The average Bonchev–Trinajstić information content (AvgIpc) is 2.54. The number of amides is 1. The van der Waals surface area contributed by atoms with E-state index in [1.165, 1.54) is 0 Å². The summed E-state index contributed by atoms with van der Waals surface area (Å²) < 4.78 is 5.32. The van der Waals surface area contributed by atoms with Gasteiger partial charge in [0.25, 0.3) is 0 Å². The quantitative estimate of drug-likeness (QED) is 0.837. The number of likely N-dealkylation sites (tertiary alicyclic amines) is 1. The van der Waals surface area contributed by atoms with Crippen molar-refractivity contribution in [3.8, 4) is 5.75 Å². The van der Waals surface area contributed by atoms with Crippen molar-refractivity contribution < 1.29 is 14.3 Å². The summed E-state index contributed by atoms with van der Waals surface area (Å²) in [5, 5.41) is 0. The molecule has 0 radical (unpaired) electrons. The van der Waals surface area contributed by atoms with Crippen LogP contribution in [0.25, 0.3) is 0 Å². The Morgan fingerprint density at radius 3 is 2.74 bits per heavy atom. The average molecular weight is 261 g/mol. The first-order chi connectivity index (χ1) is 9.10. The van der Waals surface area contributed by atoms with Crippen LogP contribution in [0.15, 0.2) is 18.2 Å². The second-order valence-electron chi connectivity index (χ2n) is 4.92. The monoisotopic (exact) mass is 261 g/mol. The van der Waals surface area contributed by atoms with Crippen molar-refractivity contribution in [1.29, 1.82) is 0 Å². The summed E-state index contributed by atoms with van der Waals surface area (Å²) in [6.07, 6.45) is 1.16. The second-order valence-corrected chi connectivity index (χ2v) is 4.92. The van der Waals surface area contributed by atoms with Crippen LogP contribution < -0.4 is 4.74 Å². The van der Waals surface area contributed by atoms with Gasteiger partial charge in [0.1, 0.15) is 11.5 Å². The fourth-order valence-electron chi connectivity index (χ4n) is 2.32. The Morgan fingerprint density at radius 2 is 2.00 bits per heavy atom. The van der Waals surface area contributed by atoms with E-state index >= 15 is 0 Å². The van der Waals surface area contributed by atoms with Crippen LogP contribution in [0.2, 0.25) is 0 Å². The van der Waals surface area contributed by atoms with Gasteiger partial charge in [-0.15, -0.1) is 0 Å². The number of ether oxygens (including phenoxy) is 1. The molecule has 4 heteroatoms. The lowest BCUT2D eigenvalue weighted by atomic mass is 10.1.